The lowest BCUT2D eigenvalue weighted by atomic mass is 10.0. The highest BCUT2D eigenvalue weighted by Gasteiger charge is 2.27. The zero-order valence-corrected chi connectivity index (χ0v) is 16.4. The number of benzene rings is 1. The van der Waals surface area contributed by atoms with Crippen molar-refractivity contribution in [3.05, 3.63) is 35.9 Å². The molecule has 1 aliphatic rings. The Bertz CT molecular complexity index is 509. The van der Waals surface area contributed by atoms with Crippen LogP contribution in [0.4, 0.5) is 0 Å². The SMILES string of the molecule is CCCC(NC(=O)C(C)N1CCN(CC(C)C)CC1)c1ccccc1. The minimum atomic E-state index is -0.0655. The maximum Gasteiger partial charge on any atom is 0.237 e. The van der Waals surface area contributed by atoms with E-state index >= 15 is 0 Å². The van der Waals surface area contributed by atoms with E-state index in [9.17, 15) is 4.79 Å². The molecule has 0 aromatic heterocycles. The topological polar surface area (TPSA) is 35.6 Å². The summed E-state index contributed by atoms with van der Waals surface area (Å²) in [5.41, 5.74) is 1.20. The second-order valence-electron chi connectivity index (χ2n) is 7.67. The van der Waals surface area contributed by atoms with Crippen molar-refractivity contribution in [1.29, 1.82) is 0 Å². The molecule has 0 radical (unpaired) electrons. The summed E-state index contributed by atoms with van der Waals surface area (Å²) in [6.45, 7) is 14.0. The second kappa shape index (κ2) is 9.93. The van der Waals surface area contributed by atoms with Gasteiger partial charge in [0.2, 0.25) is 5.91 Å². The molecular formula is C21H35N3O. The number of carbonyl (C=O) groups is 1. The van der Waals surface area contributed by atoms with Gasteiger partial charge in [-0.25, -0.2) is 0 Å². The van der Waals surface area contributed by atoms with Crippen molar-refractivity contribution in [3.63, 3.8) is 0 Å². The summed E-state index contributed by atoms with van der Waals surface area (Å²) >= 11 is 0. The minimum absolute atomic E-state index is 0.0655. The van der Waals surface area contributed by atoms with E-state index in [2.05, 4.69) is 48.0 Å². The number of hydrogen-bond donors (Lipinski definition) is 1. The highest BCUT2D eigenvalue weighted by molar-refractivity contribution is 5.81. The Morgan fingerprint density at radius 2 is 1.72 bits per heavy atom. The first kappa shape index (κ1) is 19.9. The normalized spacial score (nSPS) is 18.9. The number of amides is 1. The van der Waals surface area contributed by atoms with E-state index in [-0.39, 0.29) is 18.0 Å². The largest absolute Gasteiger partial charge is 0.348 e. The monoisotopic (exact) mass is 345 g/mol. The molecule has 1 aliphatic heterocycles. The van der Waals surface area contributed by atoms with Gasteiger partial charge in [0.1, 0.15) is 0 Å². The lowest BCUT2D eigenvalue weighted by Crippen LogP contribution is -2.54. The number of nitrogens with one attached hydrogen (secondary N) is 1. The van der Waals surface area contributed by atoms with Crippen LogP contribution in [0.3, 0.4) is 0 Å². The van der Waals surface area contributed by atoms with Gasteiger partial charge in [0.15, 0.2) is 0 Å². The van der Waals surface area contributed by atoms with Crippen LogP contribution >= 0.6 is 0 Å². The standard InChI is InChI=1S/C21H35N3O/c1-5-9-20(19-10-7-6-8-11-19)22-21(25)18(4)24-14-12-23(13-15-24)16-17(2)3/h6-8,10-11,17-18,20H,5,9,12-16H2,1-4H3,(H,22,25). The van der Waals surface area contributed by atoms with Crippen LogP contribution in [-0.2, 0) is 4.79 Å². The molecule has 0 bridgehead atoms. The Labute approximate surface area is 153 Å². The van der Waals surface area contributed by atoms with Crippen LogP contribution in [0.5, 0.6) is 0 Å². The Kier molecular flexibility index (Phi) is 7.91. The second-order valence-corrected chi connectivity index (χ2v) is 7.67. The van der Waals surface area contributed by atoms with E-state index in [1.807, 2.05) is 25.1 Å². The number of rotatable bonds is 8. The number of hydrogen-bond acceptors (Lipinski definition) is 3. The first-order valence-corrected chi connectivity index (χ1v) is 9.83. The Hall–Kier alpha value is -1.39. The molecule has 1 N–H and O–H groups in total. The molecule has 1 heterocycles. The van der Waals surface area contributed by atoms with Crippen LogP contribution in [0.1, 0.15) is 52.1 Å². The summed E-state index contributed by atoms with van der Waals surface area (Å²) in [7, 11) is 0. The van der Waals surface area contributed by atoms with Crippen LogP contribution in [-0.4, -0.2) is 54.5 Å². The average molecular weight is 346 g/mol. The van der Waals surface area contributed by atoms with Gasteiger partial charge in [-0.1, -0.05) is 57.5 Å². The summed E-state index contributed by atoms with van der Waals surface area (Å²) in [5.74, 6) is 0.854. The predicted molar refractivity (Wildman–Crippen MR) is 105 cm³/mol. The molecule has 2 rings (SSSR count). The number of nitrogens with zero attached hydrogens (tertiary/aromatic N) is 2. The highest BCUT2D eigenvalue weighted by atomic mass is 16.2. The summed E-state index contributed by atoms with van der Waals surface area (Å²) in [6, 6.07) is 10.4. The van der Waals surface area contributed by atoms with Crippen molar-refractivity contribution in [2.45, 2.75) is 52.6 Å². The van der Waals surface area contributed by atoms with E-state index in [1.54, 1.807) is 0 Å². The molecule has 1 fully saturated rings. The summed E-state index contributed by atoms with van der Waals surface area (Å²) < 4.78 is 0. The quantitative estimate of drug-likeness (QED) is 0.785. The van der Waals surface area contributed by atoms with Gasteiger partial charge in [-0.3, -0.25) is 9.69 Å². The van der Waals surface area contributed by atoms with Gasteiger partial charge in [0, 0.05) is 32.7 Å². The molecule has 0 aliphatic carbocycles. The molecule has 2 atom stereocenters. The fraction of sp³-hybridized carbons (Fsp3) is 0.667. The summed E-state index contributed by atoms with van der Waals surface area (Å²) in [6.07, 6.45) is 2.03. The predicted octanol–water partition coefficient (Wildman–Crippen LogP) is 3.31. The minimum Gasteiger partial charge on any atom is -0.348 e. The molecular weight excluding hydrogens is 310 g/mol. The fourth-order valence-corrected chi connectivity index (χ4v) is 3.60. The zero-order chi connectivity index (χ0) is 18.2. The first-order valence-electron chi connectivity index (χ1n) is 9.83. The van der Waals surface area contributed by atoms with Gasteiger partial charge in [0.25, 0.3) is 0 Å². The van der Waals surface area contributed by atoms with Crippen molar-refractivity contribution in [2.24, 2.45) is 5.92 Å². The Balaban J connectivity index is 1.88. The van der Waals surface area contributed by atoms with E-state index in [0.717, 1.165) is 45.6 Å². The van der Waals surface area contributed by atoms with Crippen molar-refractivity contribution in [1.82, 2.24) is 15.1 Å². The lowest BCUT2D eigenvalue weighted by molar-refractivity contribution is -0.127. The molecule has 0 saturated carbocycles. The van der Waals surface area contributed by atoms with Crippen molar-refractivity contribution < 1.29 is 4.79 Å². The lowest BCUT2D eigenvalue weighted by Gasteiger charge is -2.38. The molecule has 4 heteroatoms. The van der Waals surface area contributed by atoms with Crippen molar-refractivity contribution in [2.75, 3.05) is 32.7 Å². The third kappa shape index (κ3) is 6.12. The molecule has 2 unspecified atom stereocenters. The third-order valence-electron chi connectivity index (χ3n) is 5.05. The van der Waals surface area contributed by atoms with Gasteiger partial charge in [-0.05, 0) is 24.8 Å². The van der Waals surface area contributed by atoms with Gasteiger partial charge in [-0.15, -0.1) is 0 Å². The summed E-state index contributed by atoms with van der Waals surface area (Å²) in [4.78, 5) is 17.6. The highest BCUT2D eigenvalue weighted by Crippen LogP contribution is 2.19. The van der Waals surface area contributed by atoms with Crippen LogP contribution in [0.25, 0.3) is 0 Å². The van der Waals surface area contributed by atoms with Gasteiger partial charge in [-0.2, -0.15) is 0 Å². The molecule has 0 spiro atoms. The van der Waals surface area contributed by atoms with Gasteiger partial charge < -0.3 is 10.2 Å². The molecule has 140 valence electrons. The smallest absolute Gasteiger partial charge is 0.237 e. The van der Waals surface area contributed by atoms with Crippen molar-refractivity contribution >= 4 is 5.91 Å². The maximum atomic E-state index is 12.8. The van der Waals surface area contributed by atoms with Crippen molar-refractivity contribution in [3.8, 4) is 0 Å². The average Bonchev–Trinajstić information content (AvgIpc) is 2.61. The van der Waals surface area contributed by atoms with Crippen LogP contribution in [0.15, 0.2) is 30.3 Å². The van der Waals surface area contributed by atoms with Gasteiger partial charge in [0.05, 0.1) is 12.1 Å². The third-order valence-corrected chi connectivity index (χ3v) is 5.05. The Morgan fingerprint density at radius 1 is 1.08 bits per heavy atom. The zero-order valence-electron chi connectivity index (χ0n) is 16.4. The first-order chi connectivity index (χ1) is 12.0. The van der Waals surface area contributed by atoms with Crippen LogP contribution < -0.4 is 5.32 Å². The number of carbonyl (C=O) groups excluding carboxylic acids is 1. The maximum absolute atomic E-state index is 12.8. The summed E-state index contributed by atoms with van der Waals surface area (Å²) in [5, 5.41) is 3.28. The molecule has 1 amide bonds. The van der Waals surface area contributed by atoms with E-state index in [4.69, 9.17) is 0 Å². The Morgan fingerprint density at radius 3 is 2.28 bits per heavy atom. The molecule has 1 saturated heterocycles. The van der Waals surface area contributed by atoms with Crippen LogP contribution in [0, 0.1) is 5.92 Å². The molecule has 25 heavy (non-hydrogen) atoms. The van der Waals surface area contributed by atoms with E-state index in [0.29, 0.717) is 5.92 Å². The van der Waals surface area contributed by atoms with Gasteiger partial charge >= 0.3 is 0 Å². The molecule has 1 aromatic rings. The molecule has 1 aromatic carbocycles. The fourth-order valence-electron chi connectivity index (χ4n) is 3.60. The van der Waals surface area contributed by atoms with Crippen LogP contribution in [0.2, 0.25) is 0 Å². The van der Waals surface area contributed by atoms with E-state index in [1.165, 1.54) is 5.56 Å². The van der Waals surface area contributed by atoms with E-state index < -0.39 is 0 Å². The number of piperazine rings is 1. The molecule has 4 nitrogen and oxygen atoms in total.